The molecule has 0 aliphatic carbocycles. The number of nitrogens with zero attached hydrogens (tertiary/aromatic N) is 1. The number of fused-ring (bicyclic) bond motifs is 1. The van der Waals surface area contributed by atoms with Crippen LogP contribution in [-0.4, -0.2) is 38.7 Å². The highest BCUT2D eigenvalue weighted by Crippen LogP contribution is 2.31. The van der Waals surface area contributed by atoms with Crippen LogP contribution in [0.25, 0.3) is 10.9 Å². The first-order valence-electron chi connectivity index (χ1n) is 7.48. The van der Waals surface area contributed by atoms with Crippen LogP contribution in [0, 0.1) is 0 Å². The Morgan fingerprint density at radius 2 is 2.12 bits per heavy atom. The van der Waals surface area contributed by atoms with Gasteiger partial charge < -0.3 is 10.3 Å². The molecule has 9 heteroatoms. The molecule has 6 nitrogen and oxygen atoms in total. The van der Waals surface area contributed by atoms with Gasteiger partial charge in [-0.05, 0) is 23.6 Å². The summed E-state index contributed by atoms with van der Waals surface area (Å²) in [6.45, 7) is 0.455. The second kappa shape index (κ2) is 7.11. The molecule has 1 aromatic carbocycles. The van der Waals surface area contributed by atoms with Crippen molar-refractivity contribution in [2.24, 2.45) is 0 Å². The number of para-hydroxylation sites is 1. The van der Waals surface area contributed by atoms with Crippen molar-refractivity contribution in [1.29, 1.82) is 0 Å². The van der Waals surface area contributed by atoms with Gasteiger partial charge in [0.1, 0.15) is 9.90 Å². The van der Waals surface area contributed by atoms with Gasteiger partial charge in [-0.2, -0.15) is 12.6 Å². The van der Waals surface area contributed by atoms with Crippen molar-refractivity contribution in [3.8, 4) is 0 Å². The molecule has 0 aliphatic heterocycles. The summed E-state index contributed by atoms with van der Waals surface area (Å²) >= 11 is 5.23. The van der Waals surface area contributed by atoms with Crippen molar-refractivity contribution < 1.29 is 13.2 Å². The highest BCUT2D eigenvalue weighted by Gasteiger charge is 2.24. The number of hydrogen-bond acceptors (Lipinski definition) is 5. The van der Waals surface area contributed by atoms with E-state index in [4.69, 9.17) is 0 Å². The maximum Gasteiger partial charge on any atom is 0.273 e. The maximum absolute atomic E-state index is 12.8. The SMILES string of the molecule is CN(c1cccc2cc(C(=O)NCCS)[nH]c12)S(=O)(=O)c1cccs1. The third kappa shape index (κ3) is 3.39. The van der Waals surface area contributed by atoms with Crippen LogP contribution in [0.2, 0.25) is 0 Å². The maximum atomic E-state index is 12.8. The first kappa shape index (κ1) is 17.8. The Bertz CT molecular complexity index is 994. The molecule has 0 saturated heterocycles. The molecule has 0 atom stereocenters. The number of amides is 1. The fraction of sp³-hybridized carbons (Fsp3) is 0.188. The summed E-state index contributed by atoms with van der Waals surface area (Å²) in [6.07, 6.45) is 0. The molecule has 2 N–H and O–H groups in total. The first-order chi connectivity index (χ1) is 11.9. The number of nitrogens with one attached hydrogen (secondary N) is 2. The summed E-state index contributed by atoms with van der Waals surface area (Å²) in [5, 5.41) is 5.22. The lowest BCUT2D eigenvalue weighted by Crippen LogP contribution is -2.26. The van der Waals surface area contributed by atoms with Gasteiger partial charge in [-0.3, -0.25) is 9.10 Å². The average molecular weight is 396 g/mol. The summed E-state index contributed by atoms with van der Waals surface area (Å²) < 4.78 is 27.0. The van der Waals surface area contributed by atoms with Crippen molar-refractivity contribution in [2.45, 2.75) is 4.21 Å². The first-order valence-corrected chi connectivity index (χ1v) is 10.4. The number of benzene rings is 1. The van der Waals surface area contributed by atoms with Gasteiger partial charge >= 0.3 is 0 Å². The molecule has 3 aromatic rings. The topological polar surface area (TPSA) is 82.3 Å². The summed E-state index contributed by atoms with van der Waals surface area (Å²) in [5.41, 5.74) is 1.46. The molecule has 0 spiro atoms. The zero-order valence-electron chi connectivity index (χ0n) is 13.4. The van der Waals surface area contributed by atoms with Crippen molar-refractivity contribution in [3.63, 3.8) is 0 Å². The Balaban J connectivity index is 2.02. The number of carbonyl (C=O) groups excluding carboxylic acids is 1. The minimum Gasteiger partial charge on any atom is -0.350 e. The third-order valence-corrected chi connectivity index (χ3v) is 7.09. The highest BCUT2D eigenvalue weighted by molar-refractivity contribution is 7.94. The smallest absolute Gasteiger partial charge is 0.273 e. The van der Waals surface area contributed by atoms with E-state index in [1.165, 1.54) is 22.7 Å². The molecule has 1 amide bonds. The number of carbonyl (C=O) groups is 1. The van der Waals surface area contributed by atoms with E-state index >= 15 is 0 Å². The molecule has 0 unspecified atom stereocenters. The second-order valence-corrected chi connectivity index (χ2v) is 8.90. The Morgan fingerprint density at radius 3 is 2.80 bits per heavy atom. The van der Waals surface area contributed by atoms with Gasteiger partial charge in [-0.25, -0.2) is 8.42 Å². The van der Waals surface area contributed by atoms with Gasteiger partial charge in [-0.1, -0.05) is 18.2 Å². The van der Waals surface area contributed by atoms with Crippen molar-refractivity contribution >= 4 is 56.5 Å². The summed E-state index contributed by atoms with van der Waals surface area (Å²) in [7, 11) is -2.14. The Labute approximate surface area is 155 Å². The minimum absolute atomic E-state index is 0.250. The largest absolute Gasteiger partial charge is 0.350 e. The van der Waals surface area contributed by atoms with E-state index in [1.807, 2.05) is 6.07 Å². The van der Waals surface area contributed by atoms with E-state index in [0.717, 1.165) is 5.39 Å². The number of aromatic amines is 1. The van der Waals surface area contributed by atoms with Crippen LogP contribution in [0.15, 0.2) is 46.0 Å². The number of thiol groups is 1. The van der Waals surface area contributed by atoms with Gasteiger partial charge in [0.25, 0.3) is 15.9 Å². The summed E-state index contributed by atoms with van der Waals surface area (Å²) in [4.78, 5) is 15.2. The predicted molar refractivity (Wildman–Crippen MR) is 104 cm³/mol. The van der Waals surface area contributed by atoms with Gasteiger partial charge in [0.05, 0.1) is 11.2 Å². The molecule has 3 rings (SSSR count). The number of hydrogen-bond donors (Lipinski definition) is 3. The van der Waals surface area contributed by atoms with Gasteiger partial charge in [-0.15, -0.1) is 11.3 Å². The molecule has 25 heavy (non-hydrogen) atoms. The second-order valence-electron chi connectivity index (χ2n) is 5.31. The van der Waals surface area contributed by atoms with Crippen molar-refractivity contribution in [3.05, 3.63) is 47.5 Å². The monoisotopic (exact) mass is 395 g/mol. The van der Waals surface area contributed by atoms with E-state index in [0.29, 0.717) is 29.2 Å². The fourth-order valence-corrected chi connectivity index (χ4v) is 4.94. The van der Waals surface area contributed by atoms with Crippen LogP contribution in [0.4, 0.5) is 5.69 Å². The fourth-order valence-electron chi connectivity index (χ4n) is 2.46. The zero-order valence-corrected chi connectivity index (χ0v) is 15.9. The van der Waals surface area contributed by atoms with Crippen LogP contribution >= 0.6 is 24.0 Å². The van der Waals surface area contributed by atoms with E-state index < -0.39 is 10.0 Å². The molecule has 2 aromatic heterocycles. The summed E-state index contributed by atoms with van der Waals surface area (Å²) in [5.74, 6) is 0.291. The number of rotatable bonds is 6. The van der Waals surface area contributed by atoms with Gasteiger partial charge in [0, 0.05) is 24.7 Å². The quantitative estimate of drug-likeness (QED) is 0.561. The van der Waals surface area contributed by atoms with Gasteiger partial charge in [0.2, 0.25) is 0 Å². The number of sulfonamides is 1. The molecule has 0 saturated carbocycles. The highest BCUT2D eigenvalue weighted by atomic mass is 32.2. The molecule has 0 radical (unpaired) electrons. The van der Waals surface area contributed by atoms with Crippen LogP contribution in [0.1, 0.15) is 10.5 Å². The lowest BCUT2D eigenvalue weighted by molar-refractivity contribution is 0.0952. The molecular formula is C16H17N3O3S3. The Morgan fingerprint density at radius 1 is 1.32 bits per heavy atom. The van der Waals surface area contributed by atoms with Crippen molar-refractivity contribution in [1.82, 2.24) is 10.3 Å². The number of anilines is 1. The molecule has 2 heterocycles. The lowest BCUT2D eigenvalue weighted by atomic mass is 10.2. The molecule has 0 bridgehead atoms. The average Bonchev–Trinajstić information content (AvgIpc) is 3.27. The summed E-state index contributed by atoms with van der Waals surface area (Å²) in [6, 6.07) is 10.3. The van der Waals surface area contributed by atoms with Crippen LogP contribution < -0.4 is 9.62 Å². The van der Waals surface area contributed by atoms with Crippen LogP contribution in [0.3, 0.4) is 0 Å². The number of H-pyrrole nitrogens is 1. The van der Waals surface area contributed by atoms with Crippen LogP contribution in [0.5, 0.6) is 0 Å². The molecular weight excluding hydrogens is 378 g/mol. The van der Waals surface area contributed by atoms with E-state index in [1.54, 1.807) is 35.7 Å². The molecule has 0 fully saturated rings. The predicted octanol–water partition coefficient (Wildman–Crippen LogP) is 2.71. The minimum atomic E-state index is -3.64. The third-order valence-electron chi connectivity index (χ3n) is 3.73. The van der Waals surface area contributed by atoms with Crippen molar-refractivity contribution in [2.75, 3.05) is 23.7 Å². The van der Waals surface area contributed by atoms with E-state index in [-0.39, 0.29) is 10.1 Å². The van der Waals surface area contributed by atoms with Crippen LogP contribution in [-0.2, 0) is 10.0 Å². The van der Waals surface area contributed by atoms with E-state index in [2.05, 4.69) is 22.9 Å². The molecule has 132 valence electrons. The lowest BCUT2D eigenvalue weighted by Gasteiger charge is -2.19. The zero-order chi connectivity index (χ0) is 18.0. The molecule has 0 aliphatic rings. The standard InChI is InChI=1S/C16H17N3O3S3/c1-19(25(21,22)14-6-3-9-24-14)13-5-2-4-11-10-12(18-15(11)13)16(20)17-7-8-23/h2-6,9-10,18,23H,7-8H2,1H3,(H,17,20). The Kier molecular flexibility index (Phi) is 5.07. The normalized spacial score (nSPS) is 11.6. The van der Waals surface area contributed by atoms with Gasteiger partial charge in [0.15, 0.2) is 0 Å². The Hall–Kier alpha value is -1.97. The van der Waals surface area contributed by atoms with E-state index in [9.17, 15) is 13.2 Å². The number of thiophene rings is 1. The number of aromatic nitrogens is 1.